The van der Waals surface area contributed by atoms with Crippen molar-refractivity contribution in [1.82, 2.24) is 14.7 Å². The van der Waals surface area contributed by atoms with Crippen LogP contribution in [0.25, 0.3) is 0 Å². The standard InChI is InChI=1S/C25H25N5O2/c31-23-14-18-29(20-12-16-28(17-13-20)25(32)19-7-3-1-4-8-19)27-24(23)22-11-15-26-30(22)21-9-5-2-6-10-21/h1-10,14-15,18,20,22H,11-13,16-17H2. The summed E-state index contributed by atoms with van der Waals surface area (Å²) in [6, 6.07) is 20.8. The van der Waals surface area contributed by atoms with Gasteiger partial charge in [0.2, 0.25) is 5.43 Å². The second-order valence-electron chi connectivity index (χ2n) is 8.16. The molecule has 0 radical (unpaired) electrons. The van der Waals surface area contributed by atoms with E-state index in [1.807, 2.05) is 81.5 Å². The van der Waals surface area contributed by atoms with Crippen molar-refractivity contribution in [1.29, 1.82) is 0 Å². The van der Waals surface area contributed by atoms with Crippen molar-refractivity contribution in [2.75, 3.05) is 18.1 Å². The molecule has 1 aromatic heterocycles. The Kier molecular flexibility index (Phi) is 5.54. The molecule has 1 amide bonds. The Bertz CT molecular complexity index is 1170. The van der Waals surface area contributed by atoms with Gasteiger partial charge < -0.3 is 4.90 Å². The summed E-state index contributed by atoms with van der Waals surface area (Å²) >= 11 is 0. The second kappa shape index (κ2) is 8.78. The summed E-state index contributed by atoms with van der Waals surface area (Å²) in [7, 11) is 0. The van der Waals surface area contributed by atoms with Crippen molar-refractivity contribution in [3.63, 3.8) is 0 Å². The SMILES string of the molecule is O=C(c1ccccc1)N1CCC(n2ccc(=O)c(C3CC=NN3c3ccccc3)n2)CC1. The average molecular weight is 428 g/mol. The van der Waals surface area contributed by atoms with Crippen LogP contribution in [-0.2, 0) is 0 Å². The number of aromatic nitrogens is 2. The quantitative estimate of drug-likeness (QED) is 0.637. The van der Waals surface area contributed by atoms with Crippen LogP contribution in [0.3, 0.4) is 0 Å². The summed E-state index contributed by atoms with van der Waals surface area (Å²) in [4.78, 5) is 27.3. The van der Waals surface area contributed by atoms with Gasteiger partial charge in [0, 0.05) is 43.6 Å². The number of likely N-dealkylation sites (tertiary alicyclic amines) is 1. The monoisotopic (exact) mass is 427 g/mol. The molecular weight excluding hydrogens is 402 g/mol. The summed E-state index contributed by atoms with van der Waals surface area (Å²) < 4.78 is 1.91. The molecule has 1 unspecified atom stereocenters. The lowest BCUT2D eigenvalue weighted by atomic mass is 10.0. The number of carbonyl (C=O) groups is 1. The first kappa shape index (κ1) is 20.2. The van der Waals surface area contributed by atoms with E-state index in [1.165, 1.54) is 0 Å². The lowest BCUT2D eigenvalue weighted by Gasteiger charge is -2.33. The highest BCUT2D eigenvalue weighted by atomic mass is 16.2. The minimum absolute atomic E-state index is 0.0687. The van der Waals surface area contributed by atoms with Crippen LogP contribution in [0.15, 0.2) is 82.8 Å². The van der Waals surface area contributed by atoms with Gasteiger partial charge in [0.25, 0.3) is 5.91 Å². The van der Waals surface area contributed by atoms with E-state index >= 15 is 0 Å². The van der Waals surface area contributed by atoms with Crippen LogP contribution in [0.2, 0.25) is 0 Å². The summed E-state index contributed by atoms with van der Waals surface area (Å²) in [5.74, 6) is 0.0687. The molecule has 0 saturated carbocycles. The molecule has 7 nitrogen and oxygen atoms in total. The van der Waals surface area contributed by atoms with Crippen molar-refractivity contribution in [3.05, 3.63) is 94.4 Å². The fourth-order valence-corrected chi connectivity index (χ4v) is 4.44. The van der Waals surface area contributed by atoms with Crippen molar-refractivity contribution in [2.45, 2.75) is 31.3 Å². The molecule has 0 N–H and O–H groups in total. The second-order valence-corrected chi connectivity index (χ2v) is 8.16. The molecule has 0 aliphatic carbocycles. The molecule has 7 heteroatoms. The smallest absolute Gasteiger partial charge is 0.253 e. The fourth-order valence-electron chi connectivity index (χ4n) is 4.44. The van der Waals surface area contributed by atoms with Crippen molar-refractivity contribution in [2.24, 2.45) is 5.10 Å². The number of rotatable bonds is 4. The average Bonchev–Trinajstić information content (AvgIpc) is 3.35. The Morgan fingerprint density at radius 2 is 1.59 bits per heavy atom. The topological polar surface area (TPSA) is 70.8 Å². The van der Waals surface area contributed by atoms with Gasteiger partial charge in [-0.15, -0.1) is 0 Å². The number of benzene rings is 2. The fraction of sp³-hybridized carbons (Fsp3) is 0.280. The first-order valence-corrected chi connectivity index (χ1v) is 11.0. The number of hydrazone groups is 1. The Morgan fingerprint density at radius 1 is 0.906 bits per heavy atom. The number of amides is 1. The van der Waals surface area contributed by atoms with E-state index < -0.39 is 0 Å². The molecule has 0 spiro atoms. The Morgan fingerprint density at radius 3 is 2.31 bits per heavy atom. The van der Waals surface area contributed by atoms with E-state index in [4.69, 9.17) is 5.10 Å². The molecule has 5 rings (SSSR count). The maximum atomic E-state index is 12.7. The van der Waals surface area contributed by atoms with Gasteiger partial charge in [-0.3, -0.25) is 19.3 Å². The van der Waals surface area contributed by atoms with Gasteiger partial charge in [-0.2, -0.15) is 10.2 Å². The van der Waals surface area contributed by atoms with Crippen LogP contribution >= 0.6 is 0 Å². The number of hydrogen-bond donors (Lipinski definition) is 0. The zero-order valence-electron chi connectivity index (χ0n) is 17.7. The van der Waals surface area contributed by atoms with Crippen LogP contribution in [-0.4, -0.2) is 39.9 Å². The molecule has 162 valence electrons. The van der Waals surface area contributed by atoms with Gasteiger partial charge >= 0.3 is 0 Å². The van der Waals surface area contributed by atoms with Gasteiger partial charge in [-0.1, -0.05) is 36.4 Å². The van der Waals surface area contributed by atoms with E-state index in [-0.39, 0.29) is 23.4 Å². The molecule has 1 saturated heterocycles. The van der Waals surface area contributed by atoms with E-state index in [1.54, 1.807) is 12.3 Å². The molecular formula is C25H25N5O2. The number of piperidine rings is 1. The van der Waals surface area contributed by atoms with Gasteiger partial charge in [-0.05, 0) is 37.1 Å². The van der Waals surface area contributed by atoms with E-state index in [0.29, 0.717) is 25.2 Å². The molecule has 2 aliphatic heterocycles. The summed E-state index contributed by atoms with van der Waals surface area (Å²) in [6.07, 6.45) is 5.86. The first-order valence-electron chi connectivity index (χ1n) is 11.0. The number of anilines is 1. The van der Waals surface area contributed by atoms with Crippen LogP contribution in [0, 0.1) is 0 Å². The van der Waals surface area contributed by atoms with Gasteiger partial charge in [-0.25, -0.2) is 0 Å². The van der Waals surface area contributed by atoms with Crippen LogP contribution < -0.4 is 10.4 Å². The van der Waals surface area contributed by atoms with E-state index in [2.05, 4.69) is 5.10 Å². The lowest BCUT2D eigenvalue weighted by Crippen LogP contribution is -2.39. The van der Waals surface area contributed by atoms with Crippen molar-refractivity contribution >= 4 is 17.8 Å². The minimum Gasteiger partial charge on any atom is -0.338 e. The van der Waals surface area contributed by atoms with Crippen LogP contribution in [0.5, 0.6) is 0 Å². The summed E-state index contributed by atoms with van der Waals surface area (Å²) in [6.45, 7) is 1.34. The number of carbonyl (C=O) groups excluding carboxylic acids is 1. The number of para-hydroxylation sites is 1. The van der Waals surface area contributed by atoms with Crippen LogP contribution in [0.4, 0.5) is 5.69 Å². The maximum Gasteiger partial charge on any atom is 0.253 e. The molecule has 1 fully saturated rings. The predicted molar refractivity (Wildman–Crippen MR) is 124 cm³/mol. The van der Waals surface area contributed by atoms with Crippen LogP contribution in [0.1, 0.15) is 47.4 Å². The summed E-state index contributed by atoms with van der Waals surface area (Å²) in [5, 5.41) is 11.1. The highest BCUT2D eigenvalue weighted by Gasteiger charge is 2.30. The predicted octanol–water partition coefficient (Wildman–Crippen LogP) is 3.66. The van der Waals surface area contributed by atoms with E-state index in [0.717, 1.165) is 24.1 Å². The Hall–Kier alpha value is -3.74. The number of nitrogens with zero attached hydrogens (tertiary/aromatic N) is 5. The third-order valence-electron chi connectivity index (χ3n) is 6.17. The highest BCUT2D eigenvalue weighted by molar-refractivity contribution is 5.94. The third-order valence-corrected chi connectivity index (χ3v) is 6.17. The maximum absolute atomic E-state index is 12.7. The van der Waals surface area contributed by atoms with Crippen molar-refractivity contribution < 1.29 is 4.79 Å². The largest absolute Gasteiger partial charge is 0.338 e. The normalized spacial score (nSPS) is 18.8. The molecule has 32 heavy (non-hydrogen) atoms. The Balaban J connectivity index is 1.32. The Labute approximate surface area is 186 Å². The molecule has 0 bridgehead atoms. The third kappa shape index (κ3) is 3.93. The number of hydrogen-bond acceptors (Lipinski definition) is 5. The molecule has 3 aromatic rings. The van der Waals surface area contributed by atoms with Gasteiger partial charge in [0.1, 0.15) is 11.7 Å². The zero-order chi connectivity index (χ0) is 21.9. The minimum atomic E-state index is -0.211. The van der Waals surface area contributed by atoms with Crippen molar-refractivity contribution in [3.8, 4) is 0 Å². The molecule has 1 atom stereocenters. The van der Waals surface area contributed by atoms with Gasteiger partial charge in [0.15, 0.2) is 0 Å². The summed E-state index contributed by atoms with van der Waals surface area (Å²) in [5.41, 5.74) is 2.10. The molecule has 2 aromatic carbocycles. The zero-order valence-corrected chi connectivity index (χ0v) is 17.7. The lowest BCUT2D eigenvalue weighted by molar-refractivity contribution is 0.0689. The molecule has 2 aliphatic rings. The highest BCUT2D eigenvalue weighted by Crippen LogP contribution is 2.31. The first-order chi connectivity index (χ1) is 15.7. The van der Waals surface area contributed by atoms with Gasteiger partial charge in [0.05, 0.1) is 11.7 Å². The molecule has 3 heterocycles. The van der Waals surface area contributed by atoms with E-state index in [9.17, 15) is 9.59 Å².